The molecule has 4 heterocycles. The number of carbonyl (C=O) groups is 2. The van der Waals surface area contributed by atoms with Crippen LogP contribution in [-0.2, 0) is 4.74 Å². The number of piperidine rings is 1. The number of rotatable bonds is 6. The molecule has 2 aliphatic rings. The number of pyridine rings is 2. The zero-order chi connectivity index (χ0) is 21.6. The molecule has 0 spiro atoms. The van der Waals surface area contributed by atoms with E-state index in [1.54, 1.807) is 31.6 Å². The average Bonchev–Trinajstić information content (AvgIpc) is 3.36. The van der Waals surface area contributed by atoms with Crippen molar-refractivity contribution in [2.24, 2.45) is 0 Å². The summed E-state index contributed by atoms with van der Waals surface area (Å²) in [6.45, 7) is 2.65. The van der Waals surface area contributed by atoms with E-state index >= 15 is 0 Å². The lowest BCUT2D eigenvalue weighted by Crippen LogP contribution is -2.38. The standard InChI is InChI=1S/C23H28N4O4/c1-30-21-7-5-18(14-25-21)23(29)27-10-8-16(9-11-27)20-6-4-17(13-24-20)22(28)26-15-19-3-2-12-31-19/h4-7,13-14,16,19H,2-3,8-12,15H2,1H3,(H,26,28)/t19-/m1/s1. The monoisotopic (exact) mass is 424 g/mol. The maximum absolute atomic E-state index is 12.7. The number of hydrogen-bond donors (Lipinski definition) is 1. The van der Waals surface area contributed by atoms with Gasteiger partial charge in [-0.25, -0.2) is 4.98 Å². The average molecular weight is 425 g/mol. The molecule has 31 heavy (non-hydrogen) atoms. The Labute approximate surface area is 182 Å². The maximum Gasteiger partial charge on any atom is 0.255 e. The highest BCUT2D eigenvalue weighted by molar-refractivity contribution is 5.94. The van der Waals surface area contributed by atoms with E-state index in [9.17, 15) is 9.59 Å². The third-order valence-electron chi connectivity index (χ3n) is 5.96. The molecule has 1 atom stereocenters. The second-order valence-corrected chi connectivity index (χ2v) is 7.97. The summed E-state index contributed by atoms with van der Waals surface area (Å²) < 4.78 is 10.6. The summed E-state index contributed by atoms with van der Waals surface area (Å²) in [5.74, 6) is 0.635. The Hall–Kier alpha value is -3.00. The summed E-state index contributed by atoms with van der Waals surface area (Å²) in [5, 5.41) is 2.92. The van der Waals surface area contributed by atoms with Crippen molar-refractivity contribution in [3.8, 4) is 5.88 Å². The fraction of sp³-hybridized carbons (Fsp3) is 0.478. The van der Waals surface area contributed by atoms with Gasteiger partial charge in [0.1, 0.15) is 0 Å². The lowest BCUT2D eigenvalue weighted by molar-refractivity contribution is 0.0711. The Bertz CT molecular complexity index is 887. The van der Waals surface area contributed by atoms with Gasteiger partial charge in [-0.3, -0.25) is 14.6 Å². The Morgan fingerprint density at radius 3 is 2.48 bits per heavy atom. The smallest absolute Gasteiger partial charge is 0.255 e. The molecule has 0 unspecified atom stereocenters. The first-order chi connectivity index (χ1) is 15.1. The largest absolute Gasteiger partial charge is 0.481 e. The van der Waals surface area contributed by atoms with E-state index < -0.39 is 0 Å². The van der Waals surface area contributed by atoms with Crippen molar-refractivity contribution >= 4 is 11.8 Å². The van der Waals surface area contributed by atoms with Gasteiger partial charge in [-0.1, -0.05) is 0 Å². The van der Waals surface area contributed by atoms with Crippen LogP contribution in [0.5, 0.6) is 5.88 Å². The highest BCUT2D eigenvalue weighted by Gasteiger charge is 2.26. The number of nitrogens with zero attached hydrogens (tertiary/aromatic N) is 3. The Morgan fingerprint density at radius 1 is 1.10 bits per heavy atom. The van der Waals surface area contributed by atoms with Crippen LogP contribution >= 0.6 is 0 Å². The quantitative estimate of drug-likeness (QED) is 0.765. The Balaban J connectivity index is 1.28. The first-order valence-electron chi connectivity index (χ1n) is 10.8. The fourth-order valence-electron chi connectivity index (χ4n) is 4.08. The number of nitrogens with one attached hydrogen (secondary N) is 1. The van der Waals surface area contributed by atoms with Crippen LogP contribution in [-0.4, -0.2) is 66.1 Å². The predicted molar refractivity (Wildman–Crippen MR) is 114 cm³/mol. The SMILES string of the molecule is COc1ccc(C(=O)N2CCC(c3ccc(C(=O)NC[C@H]4CCCO4)cn3)CC2)cn1. The minimum Gasteiger partial charge on any atom is -0.481 e. The van der Waals surface area contributed by atoms with Crippen LogP contribution in [0.25, 0.3) is 0 Å². The number of carbonyl (C=O) groups excluding carboxylic acids is 2. The van der Waals surface area contributed by atoms with Crippen LogP contribution in [0.3, 0.4) is 0 Å². The molecule has 4 rings (SSSR count). The molecule has 0 aromatic carbocycles. The van der Waals surface area contributed by atoms with Gasteiger partial charge in [-0.15, -0.1) is 0 Å². The molecule has 8 heteroatoms. The molecule has 164 valence electrons. The fourth-order valence-corrected chi connectivity index (χ4v) is 4.08. The molecule has 2 saturated heterocycles. The van der Waals surface area contributed by atoms with Crippen LogP contribution in [0.4, 0.5) is 0 Å². The van der Waals surface area contributed by atoms with E-state index in [1.165, 1.54) is 0 Å². The number of hydrogen-bond acceptors (Lipinski definition) is 6. The summed E-state index contributed by atoms with van der Waals surface area (Å²) in [6, 6.07) is 7.19. The van der Waals surface area contributed by atoms with Crippen LogP contribution in [0, 0.1) is 0 Å². The van der Waals surface area contributed by atoms with Gasteiger partial charge in [0.15, 0.2) is 0 Å². The van der Waals surface area contributed by atoms with Gasteiger partial charge < -0.3 is 19.7 Å². The summed E-state index contributed by atoms with van der Waals surface area (Å²) in [5.41, 5.74) is 2.09. The maximum atomic E-state index is 12.7. The van der Waals surface area contributed by atoms with Gasteiger partial charge in [-0.05, 0) is 43.9 Å². The molecule has 0 radical (unpaired) electrons. The molecule has 0 saturated carbocycles. The van der Waals surface area contributed by atoms with E-state index in [0.717, 1.165) is 38.0 Å². The van der Waals surface area contributed by atoms with Crippen molar-refractivity contribution in [1.29, 1.82) is 0 Å². The van der Waals surface area contributed by atoms with E-state index in [2.05, 4.69) is 15.3 Å². The summed E-state index contributed by atoms with van der Waals surface area (Å²) in [4.78, 5) is 35.5. The molecule has 8 nitrogen and oxygen atoms in total. The number of aromatic nitrogens is 2. The van der Waals surface area contributed by atoms with Crippen molar-refractivity contribution in [1.82, 2.24) is 20.2 Å². The molecule has 0 bridgehead atoms. The van der Waals surface area contributed by atoms with Crippen LogP contribution in [0.15, 0.2) is 36.7 Å². The Kier molecular flexibility index (Phi) is 6.76. The van der Waals surface area contributed by atoms with Crippen molar-refractivity contribution in [2.75, 3.05) is 33.4 Å². The second-order valence-electron chi connectivity index (χ2n) is 7.97. The van der Waals surface area contributed by atoms with E-state index in [-0.39, 0.29) is 23.8 Å². The number of amides is 2. The molecule has 0 aliphatic carbocycles. The highest BCUT2D eigenvalue weighted by Crippen LogP contribution is 2.27. The van der Waals surface area contributed by atoms with Gasteiger partial charge >= 0.3 is 0 Å². The van der Waals surface area contributed by atoms with Crippen LogP contribution in [0.2, 0.25) is 0 Å². The normalized spacial score (nSPS) is 19.3. The third kappa shape index (κ3) is 5.19. The number of likely N-dealkylation sites (tertiary alicyclic amines) is 1. The summed E-state index contributed by atoms with van der Waals surface area (Å²) in [7, 11) is 1.55. The number of ether oxygens (including phenoxy) is 2. The molecule has 2 fully saturated rings. The summed E-state index contributed by atoms with van der Waals surface area (Å²) >= 11 is 0. The second kappa shape index (κ2) is 9.87. The zero-order valence-electron chi connectivity index (χ0n) is 17.8. The lowest BCUT2D eigenvalue weighted by Gasteiger charge is -2.31. The first kappa shape index (κ1) is 21.2. The van der Waals surface area contributed by atoms with Crippen molar-refractivity contribution < 1.29 is 19.1 Å². The molecule has 2 aromatic rings. The van der Waals surface area contributed by atoms with Crippen molar-refractivity contribution in [2.45, 2.75) is 37.7 Å². The topological polar surface area (TPSA) is 93.7 Å². The van der Waals surface area contributed by atoms with Gasteiger partial charge in [0.2, 0.25) is 5.88 Å². The van der Waals surface area contributed by atoms with Gasteiger partial charge in [0.25, 0.3) is 11.8 Å². The lowest BCUT2D eigenvalue weighted by atomic mass is 9.92. The van der Waals surface area contributed by atoms with Crippen molar-refractivity contribution in [3.05, 3.63) is 53.5 Å². The first-order valence-corrected chi connectivity index (χ1v) is 10.8. The Morgan fingerprint density at radius 2 is 1.87 bits per heavy atom. The zero-order valence-corrected chi connectivity index (χ0v) is 17.8. The van der Waals surface area contributed by atoms with E-state index in [4.69, 9.17) is 9.47 Å². The van der Waals surface area contributed by atoms with E-state index in [0.29, 0.717) is 36.6 Å². The van der Waals surface area contributed by atoms with Gasteiger partial charge in [0, 0.05) is 56.3 Å². The van der Waals surface area contributed by atoms with Gasteiger partial charge in [-0.2, -0.15) is 0 Å². The highest BCUT2D eigenvalue weighted by atomic mass is 16.5. The molecule has 2 amide bonds. The molecular formula is C23H28N4O4. The summed E-state index contributed by atoms with van der Waals surface area (Å²) in [6.07, 6.45) is 7.04. The minimum absolute atomic E-state index is 0.0141. The van der Waals surface area contributed by atoms with Crippen molar-refractivity contribution in [3.63, 3.8) is 0 Å². The van der Waals surface area contributed by atoms with Gasteiger partial charge in [0.05, 0.1) is 24.3 Å². The number of methoxy groups -OCH3 is 1. The molecule has 1 N–H and O–H groups in total. The molecular weight excluding hydrogens is 396 g/mol. The van der Waals surface area contributed by atoms with Crippen LogP contribution in [0.1, 0.15) is 58.0 Å². The minimum atomic E-state index is -0.122. The predicted octanol–water partition coefficient (Wildman–Crippen LogP) is 2.41. The molecule has 2 aliphatic heterocycles. The van der Waals surface area contributed by atoms with E-state index in [1.807, 2.05) is 17.0 Å². The third-order valence-corrected chi connectivity index (χ3v) is 5.96. The van der Waals surface area contributed by atoms with Crippen LogP contribution < -0.4 is 10.1 Å². The molecule has 2 aromatic heterocycles.